The second-order valence-corrected chi connectivity index (χ2v) is 6.18. The van der Waals surface area contributed by atoms with Crippen LogP contribution in [0.1, 0.15) is 15.9 Å². The van der Waals surface area contributed by atoms with Crippen molar-refractivity contribution < 1.29 is 14.1 Å². The molecular weight excluding hydrogens is 340 g/mol. The lowest BCUT2D eigenvalue weighted by Crippen LogP contribution is -2.16. The molecule has 4 rings (SSSR count). The van der Waals surface area contributed by atoms with E-state index in [4.69, 9.17) is 20.9 Å². The van der Waals surface area contributed by atoms with Crippen molar-refractivity contribution in [2.75, 3.05) is 18.6 Å². The Bertz CT molecular complexity index is 951. The van der Waals surface area contributed by atoms with E-state index in [1.807, 2.05) is 29.2 Å². The zero-order valence-electron chi connectivity index (χ0n) is 13.5. The summed E-state index contributed by atoms with van der Waals surface area (Å²) in [6, 6.07) is 15.2. The molecule has 1 aliphatic rings. The Labute approximate surface area is 149 Å². The van der Waals surface area contributed by atoms with Gasteiger partial charge in [-0.05, 0) is 30.2 Å². The fraction of sp³-hybridized carbons (Fsp3) is 0.158. The summed E-state index contributed by atoms with van der Waals surface area (Å²) in [7, 11) is 1.35. The molecule has 0 N–H and O–H groups in total. The molecule has 0 saturated heterocycles. The van der Waals surface area contributed by atoms with E-state index in [1.165, 1.54) is 12.7 Å². The first kappa shape index (κ1) is 15.7. The van der Waals surface area contributed by atoms with Crippen LogP contribution in [0.25, 0.3) is 11.3 Å². The number of hydrogen-bond acceptors (Lipinski definition) is 5. The van der Waals surface area contributed by atoms with E-state index < -0.39 is 5.97 Å². The molecule has 0 radical (unpaired) electrons. The van der Waals surface area contributed by atoms with Crippen LogP contribution in [-0.4, -0.2) is 24.8 Å². The van der Waals surface area contributed by atoms with Gasteiger partial charge in [-0.25, -0.2) is 4.79 Å². The molecule has 25 heavy (non-hydrogen) atoms. The molecule has 1 aromatic heterocycles. The summed E-state index contributed by atoms with van der Waals surface area (Å²) in [4.78, 5) is 14.4. The number of aromatic nitrogens is 1. The largest absolute Gasteiger partial charge is 0.465 e. The Morgan fingerprint density at radius 1 is 1.24 bits per heavy atom. The van der Waals surface area contributed by atoms with E-state index in [2.05, 4.69) is 11.2 Å². The standard InChI is InChI=1S/C19H15ClN2O3/c1-24-19(23)16-17(13-6-4-7-14(20)11-13)21-25-18(16)22-10-9-12-5-2-3-8-15(12)22/h2-8,11H,9-10H2,1H3. The van der Waals surface area contributed by atoms with E-state index in [0.717, 1.165) is 12.1 Å². The predicted molar refractivity (Wildman–Crippen MR) is 95.4 cm³/mol. The minimum atomic E-state index is -0.490. The topological polar surface area (TPSA) is 55.6 Å². The SMILES string of the molecule is COC(=O)c1c(-c2cccc(Cl)c2)noc1N1CCc2ccccc21. The van der Waals surface area contributed by atoms with Crippen molar-refractivity contribution in [1.82, 2.24) is 5.16 Å². The number of hydrogen-bond donors (Lipinski definition) is 0. The molecule has 0 bridgehead atoms. The number of anilines is 2. The van der Waals surface area contributed by atoms with E-state index >= 15 is 0 Å². The van der Waals surface area contributed by atoms with Crippen molar-refractivity contribution in [3.8, 4) is 11.3 Å². The van der Waals surface area contributed by atoms with Crippen LogP contribution in [0.5, 0.6) is 0 Å². The first-order chi connectivity index (χ1) is 12.2. The first-order valence-corrected chi connectivity index (χ1v) is 8.26. The second-order valence-electron chi connectivity index (χ2n) is 5.74. The molecule has 126 valence electrons. The maximum atomic E-state index is 12.5. The molecule has 5 nitrogen and oxygen atoms in total. The number of rotatable bonds is 3. The van der Waals surface area contributed by atoms with Gasteiger partial charge in [-0.3, -0.25) is 0 Å². The van der Waals surface area contributed by atoms with Crippen molar-refractivity contribution in [1.29, 1.82) is 0 Å². The fourth-order valence-electron chi connectivity index (χ4n) is 3.13. The molecule has 0 amide bonds. The molecule has 1 aliphatic heterocycles. The van der Waals surface area contributed by atoms with Crippen LogP contribution in [0.15, 0.2) is 53.1 Å². The summed E-state index contributed by atoms with van der Waals surface area (Å²) < 4.78 is 10.6. The summed E-state index contributed by atoms with van der Waals surface area (Å²) in [6.45, 7) is 0.716. The number of methoxy groups -OCH3 is 1. The Morgan fingerprint density at radius 3 is 2.88 bits per heavy atom. The van der Waals surface area contributed by atoms with Gasteiger partial charge in [0.2, 0.25) is 5.88 Å². The van der Waals surface area contributed by atoms with Gasteiger partial charge >= 0.3 is 5.97 Å². The average molecular weight is 355 g/mol. The summed E-state index contributed by atoms with van der Waals surface area (Å²) in [5, 5.41) is 4.70. The maximum absolute atomic E-state index is 12.5. The summed E-state index contributed by atoms with van der Waals surface area (Å²) in [6.07, 6.45) is 0.879. The van der Waals surface area contributed by atoms with E-state index in [-0.39, 0.29) is 0 Å². The van der Waals surface area contributed by atoms with Crippen LogP contribution in [0.2, 0.25) is 5.02 Å². The van der Waals surface area contributed by atoms with Crippen LogP contribution in [-0.2, 0) is 11.2 Å². The Balaban J connectivity index is 1.86. The van der Waals surface area contributed by atoms with Gasteiger partial charge in [0, 0.05) is 22.8 Å². The van der Waals surface area contributed by atoms with Crippen LogP contribution in [0.4, 0.5) is 11.6 Å². The minimum Gasteiger partial charge on any atom is -0.465 e. The van der Waals surface area contributed by atoms with E-state index in [0.29, 0.717) is 34.3 Å². The third kappa shape index (κ3) is 2.66. The lowest BCUT2D eigenvalue weighted by atomic mass is 10.1. The zero-order valence-corrected chi connectivity index (χ0v) is 14.3. The van der Waals surface area contributed by atoms with Gasteiger partial charge in [-0.2, -0.15) is 0 Å². The quantitative estimate of drug-likeness (QED) is 0.649. The number of carbonyl (C=O) groups is 1. The van der Waals surface area contributed by atoms with Crippen molar-refractivity contribution >= 4 is 29.1 Å². The summed E-state index contributed by atoms with van der Waals surface area (Å²) in [5.41, 5.74) is 3.66. The number of benzene rings is 2. The smallest absolute Gasteiger partial charge is 0.345 e. The normalized spacial score (nSPS) is 13.0. The molecule has 0 atom stereocenters. The third-order valence-corrected chi connectivity index (χ3v) is 4.53. The van der Waals surface area contributed by atoms with E-state index in [9.17, 15) is 4.79 Å². The number of esters is 1. The number of para-hydroxylation sites is 1. The number of halogens is 1. The maximum Gasteiger partial charge on any atom is 0.345 e. The number of fused-ring (bicyclic) bond motifs is 1. The van der Waals surface area contributed by atoms with Crippen molar-refractivity contribution in [3.05, 3.63) is 64.7 Å². The molecule has 0 aliphatic carbocycles. The van der Waals surface area contributed by atoms with Crippen LogP contribution < -0.4 is 4.90 Å². The summed E-state index contributed by atoms with van der Waals surface area (Å²) >= 11 is 6.08. The Kier molecular flexibility index (Phi) is 3.93. The van der Waals surface area contributed by atoms with Crippen molar-refractivity contribution in [3.63, 3.8) is 0 Å². The molecule has 3 aromatic rings. The van der Waals surface area contributed by atoms with Gasteiger partial charge in [-0.15, -0.1) is 0 Å². The number of carbonyl (C=O) groups excluding carboxylic acids is 1. The number of ether oxygens (including phenoxy) is 1. The van der Waals surface area contributed by atoms with Gasteiger partial charge in [0.05, 0.1) is 7.11 Å². The Morgan fingerprint density at radius 2 is 2.08 bits per heavy atom. The zero-order chi connectivity index (χ0) is 17.4. The first-order valence-electron chi connectivity index (χ1n) is 7.88. The molecule has 6 heteroatoms. The molecule has 2 heterocycles. The molecular formula is C19H15ClN2O3. The van der Waals surface area contributed by atoms with Crippen molar-refractivity contribution in [2.45, 2.75) is 6.42 Å². The predicted octanol–water partition coefficient (Wildman–Crippen LogP) is 4.48. The van der Waals surface area contributed by atoms with Crippen LogP contribution in [0, 0.1) is 0 Å². The Hall–Kier alpha value is -2.79. The highest BCUT2D eigenvalue weighted by atomic mass is 35.5. The van der Waals surface area contributed by atoms with Gasteiger partial charge in [-0.1, -0.05) is 47.1 Å². The lowest BCUT2D eigenvalue weighted by molar-refractivity contribution is 0.0602. The highest BCUT2D eigenvalue weighted by Gasteiger charge is 2.32. The molecule has 2 aromatic carbocycles. The third-order valence-electron chi connectivity index (χ3n) is 4.29. The molecule has 0 fully saturated rings. The van der Waals surface area contributed by atoms with Crippen LogP contribution in [0.3, 0.4) is 0 Å². The average Bonchev–Trinajstić information content (AvgIpc) is 3.25. The lowest BCUT2D eigenvalue weighted by Gasteiger charge is -2.16. The van der Waals surface area contributed by atoms with Gasteiger partial charge in [0.1, 0.15) is 5.69 Å². The van der Waals surface area contributed by atoms with Gasteiger partial charge < -0.3 is 14.2 Å². The van der Waals surface area contributed by atoms with Crippen LogP contribution >= 0.6 is 11.6 Å². The molecule has 0 unspecified atom stereocenters. The molecule has 0 spiro atoms. The van der Waals surface area contributed by atoms with Gasteiger partial charge in [0.25, 0.3) is 0 Å². The highest BCUT2D eigenvalue weighted by Crippen LogP contribution is 2.40. The molecule has 0 saturated carbocycles. The fourth-order valence-corrected chi connectivity index (χ4v) is 3.32. The van der Waals surface area contributed by atoms with E-state index in [1.54, 1.807) is 18.2 Å². The second kappa shape index (κ2) is 6.26. The monoisotopic (exact) mass is 354 g/mol. The van der Waals surface area contributed by atoms with Crippen molar-refractivity contribution in [2.24, 2.45) is 0 Å². The number of nitrogens with zero attached hydrogens (tertiary/aromatic N) is 2. The highest BCUT2D eigenvalue weighted by molar-refractivity contribution is 6.30. The van der Waals surface area contributed by atoms with Gasteiger partial charge in [0.15, 0.2) is 5.56 Å². The summed E-state index contributed by atoms with van der Waals surface area (Å²) in [5.74, 6) is -0.0950. The minimum absolute atomic E-state index is 0.307.